The highest BCUT2D eigenvalue weighted by Crippen LogP contribution is 2.17. The third kappa shape index (κ3) is 3.75. The molecule has 0 heterocycles. The van der Waals surface area contributed by atoms with Crippen molar-refractivity contribution < 1.29 is 14.3 Å². The van der Waals surface area contributed by atoms with Crippen molar-refractivity contribution in [1.82, 2.24) is 5.32 Å². The average Bonchev–Trinajstić information content (AvgIpc) is 2.37. The van der Waals surface area contributed by atoms with Crippen molar-refractivity contribution in [1.29, 1.82) is 0 Å². The third-order valence-corrected chi connectivity index (χ3v) is 2.70. The van der Waals surface area contributed by atoms with Crippen LogP contribution in [0.15, 0.2) is 24.3 Å². The van der Waals surface area contributed by atoms with Crippen LogP contribution in [-0.2, 0) is 9.53 Å². The number of hydrogen-bond acceptors (Lipinski definition) is 3. The second-order valence-corrected chi connectivity index (χ2v) is 3.88. The van der Waals surface area contributed by atoms with Crippen LogP contribution in [0.5, 0.6) is 5.75 Å². The molecular weight excluding hydrogens is 218 g/mol. The average molecular weight is 237 g/mol. The highest BCUT2D eigenvalue weighted by molar-refractivity contribution is 5.80. The molecule has 1 N–H and O–H groups in total. The van der Waals surface area contributed by atoms with Gasteiger partial charge in [0.2, 0.25) is 5.91 Å². The molecule has 0 radical (unpaired) electrons. The predicted octanol–water partition coefficient (Wildman–Crippen LogP) is 1.91. The summed E-state index contributed by atoms with van der Waals surface area (Å²) in [7, 11) is 3.14. The molecule has 1 rings (SSSR count). The number of amides is 1. The molecule has 0 aliphatic carbocycles. The molecule has 0 aliphatic heterocycles. The fraction of sp³-hybridized carbons (Fsp3) is 0.462. The van der Waals surface area contributed by atoms with Gasteiger partial charge in [-0.15, -0.1) is 0 Å². The summed E-state index contributed by atoms with van der Waals surface area (Å²) in [5.41, 5.74) is 1.03. The van der Waals surface area contributed by atoms with Crippen molar-refractivity contribution in [3.8, 4) is 5.75 Å². The fourth-order valence-corrected chi connectivity index (χ4v) is 1.41. The summed E-state index contributed by atoms with van der Waals surface area (Å²) < 4.78 is 10.0. The molecule has 94 valence electrons. The molecule has 1 unspecified atom stereocenters. The highest BCUT2D eigenvalue weighted by Gasteiger charge is 2.15. The fourth-order valence-electron chi connectivity index (χ4n) is 1.41. The summed E-state index contributed by atoms with van der Waals surface area (Å²) in [5, 5.41) is 2.88. The van der Waals surface area contributed by atoms with Gasteiger partial charge >= 0.3 is 0 Å². The van der Waals surface area contributed by atoms with E-state index in [4.69, 9.17) is 9.47 Å². The van der Waals surface area contributed by atoms with Gasteiger partial charge in [0.15, 0.2) is 0 Å². The number of hydrogen-bond donors (Lipinski definition) is 1. The molecule has 1 amide bonds. The van der Waals surface area contributed by atoms with Gasteiger partial charge in [-0.25, -0.2) is 0 Å². The van der Waals surface area contributed by atoms with Crippen LogP contribution < -0.4 is 10.1 Å². The molecule has 2 atom stereocenters. The SMILES string of the molecule is COc1ccc([C@@H](C)NC(=O)C(C)OC)cc1. The van der Waals surface area contributed by atoms with E-state index in [1.54, 1.807) is 14.0 Å². The van der Waals surface area contributed by atoms with Crippen LogP contribution in [0.1, 0.15) is 25.5 Å². The lowest BCUT2D eigenvalue weighted by Gasteiger charge is -2.17. The van der Waals surface area contributed by atoms with Crippen LogP contribution in [0.2, 0.25) is 0 Å². The smallest absolute Gasteiger partial charge is 0.249 e. The lowest BCUT2D eigenvalue weighted by molar-refractivity contribution is -0.130. The number of nitrogens with one attached hydrogen (secondary N) is 1. The molecule has 0 fully saturated rings. The van der Waals surface area contributed by atoms with Crippen molar-refractivity contribution in [2.24, 2.45) is 0 Å². The summed E-state index contributed by atoms with van der Waals surface area (Å²) in [6, 6.07) is 7.56. The Morgan fingerprint density at radius 2 is 1.76 bits per heavy atom. The maximum absolute atomic E-state index is 11.6. The van der Waals surface area contributed by atoms with Gasteiger partial charge in [0.1, 0.15) is 11.9 Å². The number of carbonyl (C=O) groups is 1. The Balaban J connectivity index is 2.63. The Bertz CT molecular complexity index is 361. The maximum atomic E-state index is 11.6. The van der Waals surface area contributed by atoms with Gasteiger partial charge < -0.3 is 14.8 Å². The number of rotatable bonds is 5. The van der Waals surface area contributed by atoms with Gasteiger partial charge in [-0.2, -0.15) is 0 Å². The number of ether oxygens (including phenoxy) is 2. The van der Waals surface area contributed by atoms with Crippen LogP contribution in [-0.4, -0.2) is 26.2 Å². The molecule has 0 saturated carbocycles. The lowest BCUT2D eigenvalue weighted by atomic mass is 10.1. The van der Waals surface area contributed by atoms with E-state index in [-0.39, 0.29) is 11.9 Å². The van der Waals surface area contributed by atoms with Gasteiger partial charge in [0.05, 0.1) is 13.2 Å². The summed E-state index contributed by atoms with van der Waals surface area (Å²) in [5.74, 6) is 0.688. The van der Waals surface area contributed by atoms with Gasteiger partial charge in [-0.05, 0) is 31.5 Å². The molecular formula is C13H19NO3. The largest absolute Gasteiger partial charge is 0.497 e. The zero-order valence-electron chi connectivity index (χ0n) is 10.7. The minimum Gasteiger partial charge on any atom is -0.497 e. The summed E-state index contributed by atoms with van der Waals surface area (Å²) in [4.78, 5) is 11.6. The van der Waals surface area contributed by atoms with E-state index >= 15 is 0 Å². The first-order chi connectivity index (χ1) is 8.08. The molecule has 0 saturated heterocycles. The molecule has 4 heteroatoms. The summed E-state index contributed by atoms with van der Waals surface area (Å²) in [6.07, 6.45) is -0.435. The first-order valence-corrected chi connectivity index (χ1v) is 5.55. The zero-order valence-corrected chi connectivity index (χ0v) is 10.7. The van der Waals surface area contributed by atoms with Crippen molar-refractivity contribution in [2.75, 3.05) is 14.2 Å². The van der Waals surface area contributed by atoms with Crippen molar-refractivity contribution >= 4 is 5.91 Å². The van der Waals surface area contributed by atoms with E-state index in [0.717, 1.165) is 11.3 Å². The Labute approximate surface area is 102 Å². The van der Waals surface area contributed by atoms with E-state index < -0.39 is 6.10 Å². The minimum absolute atomic E-state index is 0.0500. The topological polar surface area (TPSA) is 47.6 Å². The maximum Gasteiger partial charge on any atom is 0.249 e. The van der Waals surface area contributed by atoms with E-state index in [1.165, 1.54) is 7.11 Å². The molecule has 17 heavy (non-hydrogen) atoms. The van der Waals surface area contributed by atoms with Gasteiger partial charge in [0, 0.05) is 7.11 Å². The third-order valence-electron chi connectivity index (χ3n) is 2.70. The first kappa shape index (κ1) is 13.5. The molecule has 1 aromatic carbocycles. The standard InChI is InChI=1S/C13H19NO3/c1-9(14-13(15)10(2)16-3)11-5-7-12(17-4)8-6-11/h5-10H,1-4H3,(H,14,15)/t9-,10?/m1/s1. The van der Waals surface area contributed by atoms with Crippen molar-refractivity contribution in [2.45, 2.75) is 26.0 Å². The second-order valence-electron chi connectivity index (χ2n) is 3.88. The van der Waals surface area contributed by atoms with E-state index in [2.05, 4.69) is 5.32 Å². The zero-order chi connectivity index (χ0) is 12.8. The van der Waals surface area contributed by atoms with Crippen molar-refractivity contribution in [3.63, 3.8) is 0 Å². The normalized spacial score (nSPS) is 13.9. The molecule has 0 aliphatic rings. The lowest BCUT2D eigenvalue weighted by Crippen LogP contribution is -2.35. The van der Waals surface area contributed by atoms with Crippen LogP contribution >= 0.6 is 0 Å². The Hall–Kier alpha value is -1.55. The quantitative estimate of drug-likeness (QED) is 0.851. The number of carbonyl (C=O) groups excluding carboxylic acids is 1. The van der Waals surface area contributed by atoms with Gasteiger partial charge in [0.25, 0.3) is 0 Å². The van der Waals surface area contributed by atoms with Gasteiger partial charge in [-0.3, -0.25) is 4.79 Å². The van der Waals surface area contributed by atoms with E-state index in [0.29, 0.717) is 0 Å². The minimum atomic E-state index is -0.435. The van der Waals surface area contributed by atoms with Crippen LogP contribution in [0.4, 0.5) is 0 Å². The predicted molar refractivity (Wildman–Crippen MR) is 66.0 cm³/mol. The molecule has 0 bridgehead atoms. The Kier molecular flexibility index (Phi) is 4.97. The molecule has 0 aromatic heterocycles. The Morgan fingerprint density at radius 3 is 2.24 bits per heavy atom. The molecule has 4 nitrogen and oxygen atoms in total. The van der Waals surface area contributed by atoms with E-state index in [9.17, 15) is 4.79 Å². The number of methoxy groups -OCH3 is 2. The van der Waals surface area contributed by atoms with Crippen LogP contribution in [0.25, 0.3) is 0 Å². The van der Waals surface area contributed by atoms with Crippen LogP contribution in [0.3, 0.4) is 0 Å². The summed E-state index contributed by atoms with van der Waals surface area (Å²) in [6.45, 7) is 3.65. The van der Waals surface area contributed by atoms with Gasteiger partial charge in [-0.1, -0.05) is 12.1 Å². The molecule has 0 spiro atoms. The first-order valence-electron chi connectivity index (χ1n) is 5.55. The monoisotopic (exact) mass is 237 g/mol. The summed E-state index contributed by atoms with van der Waals surface area (Å²) >= 11 is 0. The second kappa shape index (κ2) is 6.25. The molecule has 1 aromatic rings. The van der Waals surface area contributed by atoms with Crippen molar-refractivity contribution in [3.05, 3.63) is 29.8 Å². The van der Waals surface area contributed by atoms with Crippen LogP contribution in [0, 0.1) is 0 Å². The highest BCUT2D eigenvalue weighted by atomic mass is 16.5. The number of benzene rings is 1. The Morgan fingerprint density at radius 1 is 1.18 bits per heavy atom. The van der Waals surface area contributed by atoms with E-state index in [1.807, 2.05) is 31.2 Å².